The van der Waals surface area contributed by atoms with E-state index in [-0.39, 0.29) is 12.8 Å². The topological polar surface area (TPSA) is 63.3 Å². The third kappa shape index (κ3) is 3.13. The minimum atomic E-state index is -1.55. The Labute approximate surface area is 110 Å². The fraction of sp³-hybridized carbons (Fsp3) is 0.250. The van der Waals surface area contributed by atoms with Gasteiger partial charge in [0.05, 0.1) is 0 Å². The average molecular weight is 272 g/mol. The summed E-state index contributed by atoms with van der Waals surface area (Å²) in [5.41, 5.74) is 4.71. The van der Waals surface area contributed by atoms with Gasteiger partial charge < -0.3 is 10.8 Å². The Morgan fingerprint density at radius 3 is 2.41 bits per heavy atom. The Morgan fingerprint density at radius 2 is 2.00 bits per heavy atom. The van der Waals surface area contributed by atoms with E-state index in [0.717, 1.165) is 0 Å². The van der Waals surface area contributed by atoms with Gasteiger partial charge in [0.15, 0.2) is 0 Å². The number of carboxylic acid groups (broad SMARTS) is 1. The van der Waals surface area contributed by atoms with Gasteiger partial charge in [-0.05, 0) is 17.7 Å². The van der Waals surface area contributed by atoms with E-state index in [9.17, 15) is 4.79 Å². The molecule has 0 fully saturated rings. The zero-order valence-electron chi connectivity index (χ0n) is 8.91. The van der Waals surface area contributed by atoms with Gasteiger partial charge in [-0.1, -0.05) is 29.3 Å². The molecule has 0 bridgehead atoms. The number of benzene rings is 1. The summed E-state index contributed by atoms with van der Waals surface area (Å²) in [5, 5.41) is 9.86. The van der Waals surface area contributed by atoms with E-state index < -0.39 is 11.5 Å². The molecule has 0 radical (unpaired) electrons. The zero-order chi connectivity index (χ0) is 13.1. The minimum absolute atomic E-state index is 0.00889. The van der Waals surface area contributed by atoms with Crippen LogP contribution in [-0.4, -0.2) is 16.6 Å². The summed E-state index contributed by atoms with van der Waals surface area (Å²) in [6.45, 7) is 0. The van der Waals surface area contributed by atoms with Gasteiger partial charge in [0.1, 0.15) is 5.54 Å². The molecule has 0 aliphatic carbocycles. The lowest BCUT2D eigenvalue weighted by Crippen LogP contribution is -2.49. The number of rotatable bonds is 4. The van der Waals surface area contributed by atoms with E-state index in [1.165, 1.54) is 0 Å². The molecule has 0 spiro atoms. The van der Waals surface area contributed by atoms with Gasteiger partial charge in [0, 0.05) is 22.9 Å². The van der Waals surface area contributed by atoms with Gasteiger partial charge in [-0.3, -0.25) is 4.79 Å². The fourth-order valence-electron chi connectivity index (χ4n) is 1.41. The maximum atomic E-state index is 11.1. The molecule has 3 nitrogen and oxygen atoms in total. The van der Waals surface area contributed by atoms with Gasteiger partial charge in [0.25, 0.3) is 0 Å². The summed E-state index contributed by atoms with van der Waals surface area (Å²) in [6, 6.07) is 4.93. The van der Waals surface area contributed by atoms with Crippen molar-refractivity contribution in [2.45, 2.75) is 18.4 Å². The summed E-state index contributed by atoms with van der Waals surface area (Å²) >= 11 is 11.9. The molecule has 90 valence electrons. The number of carboxylic acids is 1. The first-order chi connectivity index (χ1) is 7.90. The van der Waals surface area contributed by atoms with Crippen LogP contribution in [0.2, 0.25) is 10.0 Å². The van der Waals surface area contributed by atoms with Gasteiger partial charge >= 0.3 is 5.97 Å². The Bertz CT molecular complexity index is 462. The predicted molar refractivity (Wildman–Crippen MR) is 68.2 cm³/mol. The van der Waals surface area contributed by atoms with Crippen LogP contribution in [0.5, 0.6) is 0 Å². The van der Waals surface area contributed by atoms with Crippen molar-refractivity contribution in [3.05, 3.63) is 33.8 Å². The molecule has 0 aliphatic rings. The monoisotopic (exact) mass is 271 g/mol. The van der Waals surface area contributed by atoms with E-state index in [4.69, 9.17) is 40.5 Å². The van der Waals surface area contributed by atoms with Crippen molar-refractivity contribution < 1.29 is 9.90 Å². The fourth-order valence-corrected chi connectivity index (χ4v) is 1.94. The van der Waals surface area contributed by atoms with E-state index in [1.807, 2.05) is 0 Å². The molecule has 0 heterocycles. The first kappa shape index (κ1) is 13.9. The lowest BCUT2D eigenvalue weighted by molar-refractivity contribution is -0.143. The van der Waals surface area contributed by atoms with E-state index >= 15 is 0 Å². The maximum absolute atomic E-state index is 11.1. The van der Waals surface area contributed by atoms with Gasteiger partial charge in [-0.15, -0.1) is 12.3 Å². The van der Waals surface area contributed by atoms with Crippen LogP contribution in [0.3, 0.4) is 0 Å². The van der Waals surface area contributed by atoms with Crippen molar-refractivity contribution in [1.29, 1.82) is 0 Å². The molecule has 0 aromatic heterocycles. The van der Waals surface area contributed by atoms with Crippen LogP contribution >= 0.6 is 23.2 Å². The van der Waals surface area contributed by atoms with Crippen LogP contribution in [0.25, 0.3) is 0 Å². The highest BCUT2D eigenvalue weighted by Gasteiger charge is 2.34. The lowest BCUT2D eigenvalue weighted by Gasteiger charge is -2.23. The molecular weight excluding hydrogens is 261 g/mol. The van der Waals surface area contributed by atoms with E-state index in [2.05, 4.69) is 5.92 Å². The van der Waals surface area contributed by atoms with E-state index in [1.54, 1.807) is 18.2 Å². The smallest absolute Gasteiger partial charge is 0.325 e. The van der Waals surface area contributed by atoms with Crippen molar-refractivity contribution in [2.75, 3.05) is 0 Å². The van der Waals surface area contributed by atoms with Crippen LogP contribution < -0.4 is 5.73 Å². The number of terminal acetylenes is 1. The van der Waals surface area contributed by atoms with Crippen LogP contribution in [0, 0.1) is 12.3 Å². The van der Waals surface area contributed by atoms with Crippen molar-refractivity contribution in [3.63, 3.8) is 0 Å². The molecule has 1 atom stereocenters. The van der Waals surface area contributed by atoms with Gasteiger partial charge in [-0.2, -0.15) is 0 Å². The van der Waals surface area contributed by atoms with Gasteiger partial charge in [0.2, 0.25) is 0 Å². The molecule has 0 amide bonds. The summed E-state index contributed by atoms with van der Waals surface area (Å²) in [7, 11) is 0. The second-order valence-corrected chi connectivity index (χ2v) is 4.53. The number of hydrogen-bond donors (Lipinski definition) is 2. The average Bonchev–Trinajstić information content (AvgIpc) is 2.24. The number of aliphatic carboxylic acids is 1. The first-order valence-corrected chi connectivity index (χ1v) is 5.55. The Morgan fingerprint density at radius 1 is 1.47 bits per heavy atom. The second-order valence-electron chi connectivity index (χ2n) is 3.72. The molecule has 5 heteroatoms. The Balaban J connectivity index is 3.11. The van der Waals surface area contributed by atoms with Crippen LogP contribution in [-0.2, 0) is 11.2 Å². The van der Waals surface area contributed by atoms with Crippen LogP contribution in [0.1, 0.15) is 12.0 Å². The van der Waals surface area contributed by atoms with Crippen molar-refractivity contribution >= 4 is 29.2 Å². The highest BCUT2D eigenvalue weighted by molar-refractivity contribution is 6.36. The largest absolute Gasteiger partial charge is 0.480 e. The summed E-state index contributed by atoms with van der Waals surface area (Å²) in [6.07, 6.45) is 5.02. The standard InChI is InChI=1S/C12H11Cl2NO2/c1-2-6-12(15,11(16)17)7-8-9(13)4-3-5-10(8)14/h1,3-5H,6-7,15H2,(H,16,17)/t12-/m0/s1. The lowest BCUT2D eigenvalue weighted by atomic mass is 9.89. The molecule has 0 saturated heterocycles. The summed E-state index contributed by atoms with van der Waals surface area (Å²) in [5.74, 6) is 1.08. The van der Waals surface area contributed by atoms with Crippen molar-refractivity contribution in [2.24, 2.45) is 5.73 Å². The van der Waals surface area contributed by atoms with Crippen molar-refractivity contribution in [3.8, 4) is 12.3 Å². The zero-order valence-corrected chi connectivity index (χ0v) is 10.4. The molecule has 1 aromatic carbocycles. The molecule has 17 heavy (non-hydrogen) atoms. The molecule has 1 aromatic rings. The molecule has 3 N–H and O–H groups in total. The third-order valence-electron chi connectivity index (χ3n) is 2.40. The maximum Gasteiger partial charge on any atom is 0.325 e. The number of halogens is 2. The minimum Gasteiger partial charge on any atom is -0.480 e. The number of nitrogens with two attached hydrogens (primary N) is 1. The highest BCUT2D eigenvalue weighted by Crippen LogP contribution is 2.28. The van der Waals surface area contributed by atoms with Crippen LogP contribution in [0.4, 0.5) is 0 Å². The Kier molecular flexibility index (Phi) is 4.41. The molecule has 0 unspecified atom stereocenters. The molecule has 0 aliphatic heterocycles. The van der Waals surface area contributed by atoms with Crippen molar-refractivity contribution in [1.82, 2.24) is 0 Å². The number of carbonyl (C=O) groups is 1. The highest BCUT2D eigenvalue weighted by atomic mass is 35.5. The quantitative estimate of drug-likeness (QED) is 0.827. The SMILES string of the molecule is C#CC[C@](N)(Cc1c(Cl)cccc1Cl)C(=O)O. The van der Waals surface area contributed by atoms with E-state index in [0.29, 0.717) is 15.6 Å². The molecule has 0 saturated carbocycles. The predicted octanol–water partition coefficient (Wildman–Crippen LogP) is 2.34. The summed E-state index contributed by atoms with van der Waals surface area (Å²) in [4.78, 5) is 11.1. The Hall–Kier alpha value is -1.21. The van der Waals surface area contributed by atoms with Crippen LogP contribution in [0.15, 0.2) is 18.2 Å². The van der Waals surface area contributed by atoms with Gasteiger partial charge in [-0.25, -0.2) is 0 Å². The molecular formula is C12H11Cl2NO2. The summed E-state index contributed by atoms with van der Waals surface area (Å²) < 4.78 is 0. The number of hydrogen-bond acceptors (Lipinski definition) is 2. The first-order valence-electron chi connectivity index (χ1n) is 4.79. The molecule has 1 rings (SSSR count). The second kappa shape index (κ2) is 5.42. The third-order valence-corrected chi connectivity index (χ3v) is 3.11. The normalized spacial score (nSPS) is 13.8.